The van der Waals surface area contributed by atoms with Crippen molar-refractivity contribution in [2.24, 2.45) is 0 Å². The number of aromatic nitrogens is 1. The lowest BCUT2D eigenvalue weighted by Gasteiger charge is -2.42. The Labute approximate surface area is 440 Å². The summed E-state index contributed by atoms with van der Waals surface area (Å²) in [7, 11) is 0. The molecule has 2 heterocycles. The molecular formula is C69H77N3S. The van der Waals surface area contributed by atoms with Crippen LogP contribution in [0.2, 0.25) is 0 Å². The third-order valence-corrected chi connectivity index (χ3v) is 18.3. The third-order valence-electron chi connectivity index (χ3n) is 17.2. The van der Waals surface area contributed by atoms with Crippen molar-refractivity contribution in [3.8, 4) is 5.69 Å². The molecule has 7 aromatic carbocycles. The molecule has 3 nitrogen and oxygen atoms in total. The lowest BCUT2D eigenvalue weighted by molar-refractivity contribution is 0.332. The molecule has 73 heavy (non-hydrogen) atoms. The lowest BCUT2D eigenvalue weighted by atomic mass is 9.63. The average molecular weight is 980 g/mol. The van der Waals surface area contributed by atoms with E-state index >= 15 is 0 Å². The van der Waals surface area contributed by atoms with E-state index in [2.05, 4.69) is 264 Å². The second-order valence-corrected chi connectivity index (χ2v) is 27.7. The first-order valence-electron chi connectivity index (χ1n) is 27.0. The number of aryl methyl sites for hydroxylation is 1. The molecule has 0 bridgehead atoms. The van der Waals surface area contributed by atoms with Gasteiger partial charge in [0.15, 0.2) is 0 Å². The summed E-state index contributed by atoms with van der Waals surface area (Å²) in [5.41, 5.74) is 19.6. The molecule has 0 N–H and O–H groups in total. The fraction of sp³-hybridized carbons (Fsp3) is 0.362. The maximum atomic E-state index is 2.57. The number of para-hydroxylation sites is 1. The molecule has 0 aliphatic heterocycles. The van der Waals surface area contributed by atoms with Gasteiger partial charge in [-0.25, -0.2) is 0 Å². The van der Waals surface area contributed by atoms with Gasteiger partial charge in [0.1, 0.15) is 5.00 Å². The fourth-order valence-electron chi connectivity index (χ4n) is 12.3. The van der Waals surface area contributed by atoms with Gasteiger partial charge in [0.2, 0.25) is 0 Å². The van der Waals surface area contributed by atoms with E-state index in [1.54, 1.807) is 0 Å². The monoisotopic (exact) mass is 980 g/mol. The molecule has 2 aliphatic rings. The van der Waals surface area contributed by atoms with Crippen molar-refractivity contribution < 1.29 is 0 Å². The molecule has 0 radical (unpaired) electrons. The molecule has 0 fully saturated rings. The Morgan fingerprint density at radius 2 is 0.890 bits per heavy atom. The van der Waals surface area contributed by atoms with E-state index in [4.69, 9.17) is 0 Å². The molecule has 2 aromatic heterocycles. The van der Waals surface area contributed by atoms with E-state index < -0.39 is 0 Å². The van der Waals surface area contributed by atoms with Gasteiger partial charge in [0, 0.05) is 49.6 Å². The van der Waals surface area contributed by atoms with Gasteiger partial charge in [0.25, 0.3) is 0 Å². The number of hydrogen-bond donors (Lipinski definition) is 0. The van der Waals surface area contributed by atoms with E-state index in [9.17, 15) is 0 Å². The van der Waals surface area contributed by atoms with Crippen molar-refractivity contribution in [2.45, 2.75) is 162 Å². The second-order valence-electron chi connectivity index (χ2n) is 26.6. The summed E-state index contributed by atoms with van der Waals surface area (Å²) in [5.74, 6) is 0. The van der Waals surface area contributed by atoms with Gasteiger partial charge in [-0.2, -0.15) is 0 Å². The van der Waals surface area contributed by atoms with Crippen LogP contribution >= 0.6 is 11.3 Å². The quantitative estimate of drug-likeness (QED) is 0.158. The van der Waals surface area contributed by atoms with Gasteiger partial charge in [-0.1, -0.05) is 145 Å². The van der Waals surface area contributed by atoms with Crippen LogP contribution in [0.25, 0.3) is 37.6 Å². The van der Waals surface area contributed by atoms with E-state index in [-0.39, 0.29) is 32.5 Å². The number of thiophene rings is 1. The Balaban J connectivity index is 1.17. The summed E-state index contributed by atoms with van der Waals surface area (Å²) in [6, 6.07) is 56.8. The maximum absolute atomic E-state index is 2.57. The first kappa shape index (κ1) is 49.1. The third kappa shape index (κ3) is 8.60. The molecule has 374 valence electrons. The minimum absolute atomic E-state index is 0.000138. The van der Waals surface area contributed by atoms with E-state index in [0.29, 0.717) is 0 Å². The standard InChI is InChI=1S/C69H77N3S/c1-44-35-52(40-53(36-44)71(63-37-45-21-22-47(65(5,6)7)39-62(45)73-63)51-25-28-57-59(43-51)69(14,15)34-32-67(57,10)11)70(50-24-27-56-58(42-50)68(12,13)33-31-66(56,8)9)49-26-30-61-55(41-49)54-38-46(64(2,3)4)23-29-60(54)72(61)48-19-17-16-18-20-48/h16-30,35-43H,31-34H2,1-15H3. The number of anilines is 6. The van der Waals surface area contributed by atoms with Crippen molar-refractivity contribution in [1.29, 1.82) is 0 Å². The van der Waals surface area contributed by atoms with Crippen LogP contribution in [-0.4, -0.2) is 4.57 Å². The molecule has 11 rings (SSSR count). The Morgan fingerprint density at radius 1 is 0.425 bits per heavy atom. The second kappa shape index (κ2) is 17.0. The Kier molecular flexibility index (Phi) is 11.4. The van der Waals surface area contributed by atoms with Gasteiger partial charge in [-0.05, 0) is 206 Å². The van der Waals surface area contributed by atoms with E-state index in [1.165, 1.54) is 112 Å². The summed E-state index contributed by atoms with van der Waals surface area (Å²) < 4.78 is 3.77. The molecule has 2 aliphatic carbocycles. The number of benzene rings is 7. The van der Waals surface area contributed by atoms with Crippen LogP contribution in [0.1, 0.15) is 162 Å². The predicted molar refractivity (Wildman–Crippen MR) is 318 cm³/mol. The normalized spacial score (nSPS) is 16.9. The van der Waals surface area contributed by atoms with E-state index in [1.807, 2.05) is 11.3 Å². The average Bonchev–Trinajstić information content (AvgIpc) is 3.90. The highest BCUT2D eigenvalue weighted by molar-refractivity contribution is 7.23. The highest BCUT2D eigenvalue weighted by atomic mass is 32.1. The van der Waals surface area contributed by atoms with Crippen LogP contribution in [0.5, 0.6) is 0 Å². The lowest BCUT2D eigenvalue weighted by Crippen LogP contribution is -2.34. The predicted octanol–water partition coefficient (Wildman–Crippen LogP) is 20.5. The van der Waals surface area contributed by atoms with Crippen molar-refractivity contribution in [2.75, 3.05) is 9.80 Å². The van der Waals surface area contributed by atoms with Crippen LogP contribution in [0.4, 0.5) is 33.4 Å². The largest absolute Gasteiger partial charge is 0.310 e. The first-order valence-corrected chi connectivity index (χ1v) is 27.8. The van der Waals surface area contributed by atoms with Gasteiger partial charge in [0.05, 0.1) is 11.0 Å². The highest BCUT2D eigenvalue weighted by Gasteiger charge is 2.39. The van der Waals surface area contributed by atoms with Crippen molar-refractivity contribution >= 4 is 76.7 Å². The van der Waals surface area contributed by atoms with Gasteiger partial charge in [-0.3, -0.25) is 0 Å². The van der Waals surface area contributed by atoms with Crippen LogP contribution in [0.3, 0.4) is 0 Å². The summed E-state index contributed by atoms with van der Waals surface area (Å²) in [4.78, 5) is 5.13. The van der Waals surface area contributed by atoms with Crippen LogP contribution in [0, 0.1) is 6.92 Å². The molecule has 0 atom stereocenters. The molecule has 0 saturated heterocycles. The zero-order chi connectivity index (χ0) is 51.8. The van der Waals surface area contributed by atoms with E-state index in [0.717, 1.165) is 23.5 Å². The molecule has 0 spiro atoms. The zero-order valence-corrected chi connectivity index (χ0v) is 47.3. The van der Waals surface area contributed by atoms with Crippen molar-refractivity contribution in [3.05, 3.63) is 185 Å². The highest BCUT2D eigenvalue weighted by Crippen LogP contribution is 2.52. The molecule has 0 unspecified atom stereocenters. The van der Waals surface area contributed by atoms with Gasteiger partial charge < -0.3 is 14.4 Å². The number of fused-ring (bicyclic) bond motifs is 6. The SMILES string of the molecule is Cc1cc(N(c2ccc3c(c2)C(C)(C)CCC3(C)C)c2ccc3c(c2)c2cc(C(C)(C)C)ccc2n3-c2ccccc2)cc(N(c2ccc3c(c2)C(C)(C)CCC3(C)C)c2cc3ccc(C(C)(C)C)cc3s2)c1. The minimum atomic E-state index is -0.000138. The summed E-state index contributed by atoms with van der Waals surface area (Å²) in [6.45, 7) is 35.7. The number of rotatable bonds is 7. The fourth-order valence-corrected chi connectivity index (χ4v) is 13.5. The molecule has 0 saturated carbocycles. The number of nitrogens with zero attached hydrogens (tertiary/aromatic N) is 3. The van der Waals surface area contributed by atoms with Crippen LogP contribution in [0.15, 0.2) is 146 Å². The summed E-state index contributed by atoms with van der Waals surface area (Å²) >= 11 is 1.91. The summed E-state index contributed by atoms with van der Waals surface area (Å²) in [5, 5.41) is 5.03. The molecular weight excluding hydrogens is 903 g/mol. The Bertz CT molecular complexity index is 3620. The maximum Gasteiger partial charge on any atom is 0.101 e. The minimum Gasteiger partial charge on any atom is -0.310 e. The summed E-state index contributed by atoms with van der Waals surface area (Å²) in [6.07, 6.45) is 4.69. The van der Waals surface area contributed by atoms with Gasteiger partial charge >= 0.3 is 0 Å². The van der Waals surface area contributed by atoms with Crippen LogP contribution < -0.4 is 9.80 Å². The Morgan fingerprint density at radius 3 is 1.47 bits per heavy atom. The number of hydrogen-bond acceptors (Lipinski definition) is 3. The smallest absolute Gasteiger partial charge is 0.101 e. The molecule has 9 aromatic rings. The van der Waals surface area contributed by atoms with Gasteiger partial charge in [-0.15, -0.1) is 11.3 Å². The topological polar surface area (TPSA) is 11.4 Å². The Hall–Kier alpha value is -6.10. The zero-order valence-electron chi connectivity index (χ0n) is 46.4. The van der Waals surface area contributed by atoms with Crippen LogP contribution in [-0.2, 0) is 32.5 Å². The molecule has 4 heteroatoms. The van der Waals surface area contributed by atoms with Crippen molar-refractivity contribution in [3.63, 3.8) is 0 Å². The molecule has 0 amide bonds. The first-order chi connectivity index (χ1) is 34.3. The van der Waals surface area contributed by atoms with Crippen molar-refractivity contribution in [1.82, 2.24) is 4.57 Å².